The van der Waals surface area contributed by atoms with E-state index < -0.39 is 16.7 Å². The fourth-order valence-corrected chi connectivity index (χ4v) is 0.904. The molecule has 2 N–H and O–H groups in total. The van der Waals surface area contributed by atoms with Crippen molar-refractivity contribution >= 4 is 10.1 Å². The summed E-state index contributed by atoms with van der Waals surface area (Å²) in [7, 11) is -4.10. The van der Waals surface area contributed by atoms with Crippen LogP contribution < -0.4 is 0 Å². The van der Waals surface area contributed by atoms with Crippen molar-refractivity contribution in [2.24, 2.45) is 0 Å². The van der Waals surface area contributed by atoms with Gasteiger partial charge in [-0.25, -0.2) is 0 Å². The Morgan fingerprint density at radius 1 is 1.56 bits per heavy atom. The van der Waals surface area contributed by atoms with Crippen LogP contribution in [0.1, 0.15) is 13.3 Å². The Hall–Kier alpha value is -0.130. The Morgan fingerprint density at radius 2 is 2.00 bits per heavy atom. The summed E-state index contributed by atoms with van der Waals surface area (Å²) in [6.45, 7) is 0.939. The van der Waals surface area contributed by atoms with E-state index in [-0.39, 0.29) is 11.7 Å². The Kier molecular flexibility index (Phi) is 3.10. The first-order valence-electron chi connectivity index (χ1n) is 2.45. The molecule has 0 aromatic carbocycles. The van der Waals surface area contributed by atoms with E-state index in [4.69, 9.17) is 9.66 Å². The molecule has 0 atom stereocenters. The first kappa shape index (κ1) is 8.87. The molecule has 0 amide bonds. The van der Waals surface area contributed by atoms with Gasteiger partial charge in [-0.05, 0) is 6.42 Å². The van der Waals surface area contributed by atoms with Crippen molar-refractivity contribution in [3.05, 3.63) is 5.25 Å². The molecule has 0 unspecified atom stereocenters. The molecule has 9 heavy (non-hydrogen) atoms. The molecular weight excluding hydrogens is 144 g/mol. The molecule has 0 aliphatic rings. The van der Waals surface area contributed by atoms with Crippen LogP contribution in [0, 0.1) is 5.25 Å². The summed E-state index contributed by atoms with van der Waals surface area (Å²) in [5.41, 5.74) is 0. The van der Waals surface area contributed by atoms with Gasteiger partial charge in [-0.1, -0.05) is 6.92 Å². The van der Waals surface area contributed by atoms with Gasteiger partial charge in [-0.15, -0.1) is 0 Å². The maximum atomic E-state index is 10.2. The van der Waals surface area contributed by atoms with Gasteiger partial charge in [0.05, 0.1) is 6.61 Å². The molecule has 0 fully saturated rings. The minimum atomic E-state index is -4.10. The zero-order valence-corrected chi connectivity index (χ0v) is 5.85. The third-order valence-electron chi connectivity index (χ3n) is 0.935. The average molecular weight is 153 g/mol. The molecule has 4 nitrogen and oxygen atoms in total. The van der Waals surface area contributed by atoms with Gasteiger partial charge < -0.3 is 5.11 Å². The van der Waals surface area contributed by atoms with Crippen LogP contribution in [0.2, 0.25) is 0 Å². The first-order chi connectivity index (χ1) is 4.02. The molecule has 55 valence electrons. The molecule has 0 saturated carbocycles. The third-order valence-corrected chi connectivity index (χ3v) is 2.08. The standard InChI is InChI=1S/C4H9O4S/c1-2-4(3-5)9(6,7)8/h5H,2-3H2,1H3,(H,6,7,8). The number of aliphatic hydroxyl groups excluding tert-OH is 1. The minimum Gasteiger partial charge on any atom is -0.395 e. The van der Waals surface area contributed by atoms with Gasteiger partial charge in [0, 0.05) is 0 Å². The van der Waals surface area contributed by atoms with Crippen LogP contribution in [0.5, 0.6) is 0 Å². The van der Waals surface area contributed by atoms with Gasteiger partial charge in [0.2, 0.25) is 0 Å². The van der Waals surface area contributed by atoms with Gasteiger partial charge in [0.25, 0.3) is 10.1 Å². The normalized spacial score (nSPS) is 12.4. The smallest absolute Gasteiger partial charge is 0.274 e. The minimum absolute atomic E-state index is 0.148. The lowest BCUT2D eigenvalue weighted by Gasteiger charge is -2.03. The zero-order valence-electron chi connectivity index (χ0n) is 5.03. The van der Waals surface area contributed by atoms with Crippen LogP contribution in [-0.4, -0.2) is 24.7 Å². The summed E-state index contributed by atoms with van der Waals surface area (Å²) in [5.74, 6) is 0. The molecule has 0 aliphatic heterocycles. The molecule has 1 radical (unpaired) electrons. The van der Waals surface area contributed by atoms with Crippen LogP contribution >= 0.6 is 0 Å². The maximum Gasteiger partial charge on any atom is 0.274 e. The molecule has 0 saturated heterocycles. The Bertz CT molecular complexity index is 155. The van der Waals surface area contributed by atoms with Gasteiger partial charge in [-0.3, -0.25) is 4.55 Å². The maximum absolute atomic E-state index is 10.2. The predicted molar refractivity (Wildman–Crippen MR) is 32.2 cm³/mol. The highest BCUT2D eigenvalue weighted by atomic mass is 32.2. The summed E-state index contributed by atoms with van der Waals surface area (Å²) in [6, 6.07) is 0. The quantitative estimate of drug-likeness (QED) is 0.551. The number of hydrogen-bond acceptors (Lipinski definition) is 3. The second-order valence-electron chi connectivity index (χ2n) is 1.53. The summed E-state index contributed by atoms with van der Waals surface area (Å²) in [4.78, 5) is 0. The monoisotopic (exact) mass is 153 g/mol. The Morgan fingerprint density at radius 3 is 2.00 bits per heavy atom. The Balaban J connectivity index is 4.14. The molecule has 0 spiro atoms. The molecule has 5 heteroatoms. The molecule has 0 aromatic heterocycles. The second-order valence-corrected chi connectivity index (χ2v) is 3.05. The topological polar surface area (TPSA) is 74.6 Å². The third kappa shape index (κ3) is 2.78. The van der Waals surface area contributed by atoms with Gasteiger partial charge in [-0.2, -0.15) is 8.42 Å². The van der Waals surface area contributed by atoms with Crippen molar-refractivity contribution in [3.8, 4) is 0 Å². The van der Waals surface area contributed by atoms with E-state index >= 15 is 0 Å². The second kappa shape index (κ2) is 3.14. The van der Waals surface area contributed by atoms with Crippen LogP contribution in [0.4, 0.5) is 0 Å². The van der Waals surface area contributed by atoms with Crippen LogP contribution in [0.25, 0.3) is 0 Å². The SMILES string of the molecule is CC[C](CO)S(=O)(=O)O. The van der Waals surface area contributed by atoms with Crippen molar-refractivity contribution in [2.75, 3.05) is 6.61 Å². The van der Waals surface area contributed by atoms with Crippen molar-refractivity contribution in [1.82, 2.24) is 0 Å². The van der Waals surface area contributed by atoms with Crippen molar-refractivity contribution in [1.29, 1.82) is 0 Å². The lowest BCUT2D eigenvalue weighted by atomic mass is 10.3. The number of rotatable bonds is 3. The van der Waals surface area contributed by atoms with Gasteiger partial charge in [0.1, 0.15) is 5.25 Å². The fraction of sp³-hybridized carbons (Fsp3) is 0.750. The lowest BCUT2D eigenvalue weighted by Crippen LogP contribution is -2.14. The molecular formula is C4H9O4S. The van der Waals surface area contributed by atoms with Crippen molar-refractivity contribution < 1.29 is 18.1 Å². The van der Waals surface area contributed by atoms with E-state index in [2.05, 4.69) is 0 Å². The van der Waals surface area contributed by atoms with E-state index in [1.807, 2.05) is 0 Å². The predicted octanol–water partition coefficient (Wildman–Crippen LogP) is -0.192. The van der Waals surface area contributed by atoms with Crippen molar-refractivity contribution in [3.63, 3.8) is 0 Å². The molecule has 0 heterocycles. The fourth-order valence-electron chi connectivity index (χ4n) is 0.376. The van der Waals surface area contributed by atoms with Gasteiger partial charge >= 0.3 is 0 Å². The summed E-state index contributed by atoms with van der Waals surface area (Å²) in [5, 5.41) is 8.04. The van der Waals surface area contributed by atoms with E-state index in [1.54, 1.807) is 6.92 Å². The summed E-state index contributed by atoms with van der Waals surface area (Å²) < 4.78 is 28.6. The summed E-state index contributed by atoms with van der Waals surface area (Å²) >= 11 is 0. The highest BCUT2D eigenvalue weighted by Crippen LogP contribution is 2.10. The summed E-state index contributed by atoms with van der Waals surface area (Å²) in [6.07, 6.45) is 0.148. The molecule has 0 aliphatic carbocycles. The average Bonchev–Trinajstić information content (AvgIpc) is 1.65. The largest absolute Gasteiger partial charge is 0.395 e. The van der Waals surface area contributed by atoms with Gasteiger partial charge in [0.15, 0.2) is 0 Å². The zero-order chi connectivity index (χ0) is 7.49. The Labute approximate surface area is 54.3 Å². The van der Waals surface area contributed by atoms with Crippen LogP contribution in [-0.2, 0) is 10.1 Å². The van der Waals surface area contributed by atoms with E-state index in [0.29, 0.717) is 0 Å². The highest BCUT2D eigenvalue weighted by Gasteiger charge is 2.20. The number of hydrogen-bond donors (Lipinski definition) is 2. The molecule has 0 bridgehead atoms. The van der Waals surface area contributed by atoms with Crippen LogP contribution in [0.15, 0.2) is 0 Å². The highest BCUT2D eigenvalue weighted by molar-refractivity contribution is 7.88. The van der Waals surface area contributed by atoms with E-state index in [0.717, 1.165) is 0 Å². The number of aliphatic hydroxyl groups is 1. The molecule has 0 rings (SSSR count). The first-order valence-corrected chi connectivity index (χ1v) is 3.89. The van der Waals surface area contributed by atoms with E-state index in [9.17, 15) is 8.42 Å². The van der Waals surface area contributed by atoms with Crippen molar-refractivity contribution in [2.45, 2.75) is 13.3 Å². The van der Waals surface area contributed by atoms with E-state index in [1.165, 1.54) is 0 Å². The molecule has 0 aromatic rings. The van der Waals surface area contributed by atoms with Crippen LogP contribution in [0.3, 0.4) is 0 Å². The lowest BCUT2D eigenvalue weighted by molar-refractivity contribution is 0.311.